The van der Waals surface area contributed by atoms with E-state index in [0.29, 0.717) is 24.4 Å². The van der Waals surface area contributed by atoms with E-state index < -0.39 is 6.04 Å². The molecule has 0 aliphatic carbocycles. The van der Waals surface area contributed by atoms with Gasteiger partial charge in [-0.1, -0.05) is 42.8 Å². The summed E-state index contributed by atoms with van der Waals surface area (Å²) in [6.07, 6.45) is 1.05. The second-order valence-corrected chi connectivity index (χ2v) is 6.85. The summed E-state index contributed by atoms with van der Waals surface area (Å²) in [7, 11) is 0. The molecule has 2 rings (SSSR count). The number of carbonyl (C=O) groups excluding carboxylic acids is 2. The van der Waals surface area contributed by atoms with Crippen molar-refractivity contribution < 1.29 is 14.0 Å². The van der Waals surface area contributed by atoms with E-state index in [1.807, 2.05) is 19.1 Å². The SMILES string of the molecule is CCCC(=O)N(Cc1ccc(F)cc1)[C@H](C)C(=O)NCc1ccc(Cl)cc1. The van der Waals surface area contributed by atoms with Crippen LogP contribution in [0, 0.1) is 5.82 Å². The molecule has 144 valence electrons. The van der Waals surface area contributed by atoms with Gasteiger partial charge < -0.3 is 10.2 Å². The van der Waals surface area contributed by atoms with E-state index >= 15 is 0 Å². The Morgan fingerprint density at radius 1 is 1.07 bits per heavy atom. The molecule has 2 amide bonds. The molecular formula is C21H24ClFN2O2. The van der Waals surface area contributed by atoms with Crippen LogP contribution in [0.2, 0.25) is 5.02 Å². The van der Waals surface area contributed by atoms with Crippen molar-refractivity contribution in [3.8, 4) is 0 Å². The standard InChI is InChI=1S/C21H24ClFN2O2/c1-3-4-20(26)25(14-17-7-11-19(23)12-8-17)15(2)21(27)24-13-16-5-9-18(22)10-6-16/h5-12,15H,3-4,13-14H2,1-2H3,(H,24,27)/t15-/m1/s1. The van der Waals surface area contributed by atoms with Crippen molar-refractivity contribution in [3.63, 3.8) is 0 Å². The van der Waals surface area contributed by atoms with Crippen molar-refractivity contribution >= 4 is 23.4 Å². The number of amides is 2. The van der Waals surface area contributed by atoms with E-state index in [4.69, 9.17) is 11.6 Å². The number of hydrogen-bond acceptors (Lipinski definition) is 2. The minimum atomic E-state index is -0.638. The van der Waals surface area contributed by atoms with Crippen LogP contribution in [0.1, 0.15) is 37.8 Å². The third-order valence-corrected chi connectivity index (χ3v) is 4.53. The van der Waals surface area contributed by atoms with Gasteiger partial charge in [-0.05, 0) is 48.7 Å². The molecule has 1 N–H and O–H groups in total. The lowest BCUT2D eigenvalue weighted by Crippen LogP contribution is -2.47. The molecule has 0 heterocycles. The fraction of sp³-hybridized carbons (Fsp3) is 0.333. The monoisotopic (exact) mass is 390 g/mol. The van der Waals surface area contributed by atoms with Crippen LogP contribution >= 0.6 is 11.6 Å². The summed E-state index contributed by atoms with van der Waals surface area (Å²) in [6, 6.07) is 12.5. The summed E-state index contributed by atoms with van der Waals surface area (Å²) >= 11 is 5.86. The van der Waals surface area contributed by atoms with Gasteiger partial charge in [0.25, 0.3) is 0 Å². The summed E-state index contributed by atoms with van der Waals surface area (Å²) in [5.74, 6) is -0.675. The second kappa shape index (κ2) is 10.1. The van der Waals surface area contributed by atoms with Crippen LogP contribution in [-0.4, -0.2) is 22.8 Å². The maximum Gasteiger partial charge on any atom is 0.242 e. The number of benzene rings is 2. The van der Waals surface area contributed by atoms with Gasteiger partial charge in [0.1, 0.15) is 11.9 Å². The molecule has 6 heteroatoms. The molecule has 2 aromatic carbocycles. The number of rotatable bonds is 8. The van der Waals surface area contributed by atoms with E-state index in [-0.39, 0.29) is 24.2 Å². The Bertz CT molecular complexity index is 763. The molecule has 0 aliphatic heterocycles. The first-order chi connectivity index (χ1) is 12.9. The summed E-state index contributed by atoms with van der Waals surface area (Å²) < 4.78 is 13.1. The van der Waals surface area contributed by atoms with E-state index in [0.717, 1.165) is 11.1 Å². The molecule has 27 heavy (non-hydrogen) atoms. The molecule has 0 bridgehead atoms. The highest BCUT2D eigenvalue weighted by Crippen LogP contribution is 2.13. The van der Waals surface area contributed by atoms with E-state index in [9.17, 15) is 14.0 Å². The Hall–Kier alpha value is -2.40. The largest absolute Gasteiger partial charge is 0.350 e. The molecule has 0 saturated carbocycles. The Kier molecular flexibility index (Phi) is 7.80. The van der Waals surface area contributed by atoms with E-state index in [1.165, 1.54) is 17.0 Å². The lowest BCUT2D eigenvalue weighted by Gasteiger charge is -2.28. The molecule has 0 aliphatic rings. The predicted molar refractivity (Wildman–Crippen MR) is 105 cm³/mol. The topological polar surface area (TPSA) is 49.4 Å². The first kappa shape index (κ1) is 20.9. The van der Waals surface area contributed by atoms with Gasteiger partial charge in [0.15, 0.2) is 0 Å². The van der Waals surface area contributed by atoms with Gasteiger partial charge in [-0.25, -0.2) is 4.39 Å². The highest BCUT2D eigenvalue weighted by atomic mass is 35.5. The number of carbonyl (C=O) groups is 2. The van der Waals surface area contributed by atoms with Gasteiger partial charge in [0, 0.05) is 24.5 Å². The predicted octanol–water partition coefficient (Wildman–Crippen LogP) is 4.31. The average Bonchev–Trinajstić information content (AvgIpc) is 2.66. The van der Waals surface area contributed by atoms with Crippen molar-refractivity contribution in [1.82, 2.24) is 10.2 Å². The van der Waals surface area contributed by atoms with Crippen LogP contribution in [0.3, 0.4) is 0 Å². The molecule has 4 nitrogen and oxygen atoms in total. The zero-order valence-electron chi connectivity index (χ0n) is 15.5. The Labute approximate surface area is 164 Å². The second-order valence-electron chi connectivity index (χ2n) is 6.42. The molecule has 1 atom stereocenters. The van der Waals surface area contributed by atoms with Crippen LogP contribution in [0.25, 0.3) is 0 Å². The number of nitrogens with zero attached hydrogens (tertiary/aromatic N) is 1. The minimum absolute atomic E-state index is 0.101. The van der Waals surface area contributed by atoms with Crippen molar-refractivity contribution in [3.05, 3.63) is 70.5 Å². The first-order valence-corrected chi connectivity index (χ1v) is 9.34. The quantitative estimate of drug-likeness (QED) is 0.730. The van der Waals surface area contributed by atoms with E-state index in [2.05, 4.69) is 5.32 Å². The molecule has 0 radical (unpaired) electrons. The average molecular weight is 391 g/mol. The third kappa shape index (κ3) is 6.36. The normalized spacial score (nSPS) is 11.7. The van der Waals surface area contributed by atoms with Crippen molar-refractivity contribution in [2.75, 3.05) is 0 Å². The van der Waals surface area contributed by atoms with Crippen molar-refractivity contribution in [2.45, 2.75) is 45.8 Å². The molecular weight excluding hydrogens is 367 g/mol. The summed E-state index contributed by atoms with van der Waals surface area (Å²) in [4.78, 5) is 26.7. The van der Waals surface area contributed by atoms with Gasteiger partial charge in [-0.2, -0.15) is 0 Å². The Morgan fingerprint density at radius 2 is 1.67 bits per heavy atom. The van der Waals surface area contributed by atoms with Gasteiger partial charge in [0.2, 0.25) is 11.8 Å². The zero-order valence-corrected chi connectivity index (χ0v) is 16.3. The van der Waals surface area contributed by atoms with Crippen LogP contribution in [-0.2, 0) is 22.7 Å². The van der Waals surface area contributed by atoms with Crippen LogP contribution in [0.15, 0.2) is 48.5 Å². The molecule has 0 unspecified atom stereocenters. The lowest BCUT2D eigenvalue weighted by atomic mass is 10.1. The Morgan fingerprint density at radius 3 is 2.26 bits per heavy atom. The molecule has 0 spiro atoms. The maximum absolute atomic E-state index is 13.1. The number of halogens is 2. The fourth-order valence-corrected chi connectivity index (χ4v) is 2.79. The molecule has 0 saturated heterocycles. The zero-order chi connectivity index (χ0) is 19.8. The molecule has 2 aromatic rings. The highest BCUT2D eigenvalue weighted by Gasteiger charge is 2.25. The van der Waals surface area contributed by atoms with Gasteiger partial charge in [0.05, 0.1) is 0 Å². The van der Waals surface area contributed by atoms with Crippen molar-refractivity contribution in [2.24, 2.45) is 0 Å². The fourth-order valence-electron chi connectivity index (χ4n) is 2.67. The molecule has 0 fully saturated rings. The molecule has 0 aromatic heterocycles. The Balaban J connectivity index is 2.05. The smallest absolute Gasteiger partial charge is 0.242 e. The maximum atomic E-state index is 13.1. The first-order valence-electron chi connectivity index (χ1n) is 8.96. The summed E-state index contributed by atoms with van der Waals surface area (Å²) in [5.41, 5.74) is 1.70. The van der Waals surface area contributed by atoms with Crippen molar-refractivity contribution in [1.29, 1.82) is 0 Å². The minimum Gasteiger partial charge on any atom is -0.350 e. The highest BCUT2D eigenvalue weighted by molar-refractivity contribution is 6.30. The van der Waals surface area contributed by atoms with Crippen LogP contribution < -0.4 is 5.32 Å². The van der Waals surface area contributed by atoms with Gasteiger partial charge >= 0.3 is 0 Å². The number of hydrogen-bond donors (Lipinski definition) is 1. The van der Waals surface area contributed by atoms with Crippen LogP contribution in [0.5, 0.6) is 0 Å². The van der Waals surface area contributed by atoms with Gasteiger partial charge in [-0.15, -0.1) is 0 Å². The van der Waals surface area contributed by atoms with Crippen LogP contribution in [0.4, 0.5) is 4.39 Å². The summed E-state index contributed by atoms with van der Waals surface area (Å²) in [5, 5.41) is 3.49. The number of nitrogens with one attached hydrogen (secondary N) is 1. The van der Waals surface area contributed by atoms with E-state index in [1.54, 1.807) is 31.2 Å². The summed E-state index contributed by atoms with van der Waals surface area (Å²) in [6.45, 7) is 4.23. The lowest BCUT2D eigenvalue weighted by molar-refractivity contribution is -0.140. The van der Waals surface area contributed by atoms with Gasteiger partial charge in [-0.3, -0.25) is 9.59 Å². The third-order valence-electron chi connectivity index (χ3n) is 4.28.